The zero-order chi connectivity index (χ0) is 14.5. The fourth-order valence-electron chi connectivity index (χ4n) is 3.25. The van der Waals surface area contributed by atoms with Crippen molar-refractivity contribution in [3.63, 3.8) is 0 Å². The zero-order valence-corrected chi connectivity index (χ0v) is 14.1. The van der Waals surface area contributed by atoms with Gasteiger partial charge < -0.3 is 10.1 Å². The van der Waals surface area contributed by atoms with Gasteiger partial charge in [0.25, 0.3) is 0 Å². The van der Waals surface area contributed by atoms with Crippen molar-refractivity contribution in [2.45, 2.75) is 31.2 Å². The number of halogens is 1. The van der Waals surface area contributed by atoms with Gasteiger partial charge in [-0.15, -0.1) is 0 Å². The molecule has 3 nitrogen and oxygen atoms in total. The van der Waals surface area contributed by atoms with E-state index >= 15 is 0 Å². The molecule has 0 amide bonds. The van der Waals surface area contributed by atoms with Crippen LogP contribution in [0.4, 0.5) is 0 Å². The van der Waals surface area contributed by atoms with Crippen LogP contribution in [0.25, 0.3) is 0 Å². The molecule has 0 atom stereocenters. The summed E-state index contributed by atoms with van der Waals surface area (Å²) in [4.78, 5) is 2.51. The maximum atomic E-state index is 5.37. The topological polar surface area (TPSA) is 24.5 Å². The molecule has 2 aliphatic rings. The number of morpholine rings is 1. The summed E-state index contributed by atoms with van der Waals surface area (Å²) in [7, 11) is 0. The van der Waals surface area contributed by atoms with Gasteiger partial charge in [0.05, 0.1) is 13.2 Å². The molecule has 1 N–H and O–H groups in total. The average molecular weight is 353 g/mol. The normalized spacial score (nSPS) is 26.5. The lowest BCUT2D eigenvalue weighted by atomic mass is 9.76. The third-order valence-electron chi connectivity index (χ3n) is 4.65. The lowest BCUT2D eigenvalue weighted by Gasteiger charge is -2.36. The van der Waals surface area contributed by atoms with Crippen molar-refractivity contribution in [2.24, 2.45) is 0 Å². The second-order valence-corrected chi connectivity index (χ2v) is 7.10. The first-order valence-corrected chi connectivity index (χ1v) is 8.89. The van der Waals surface area contributed by atoms with Crippen molar-refractivity contribution < 1.29 is 4.74 Å². The highest BCUT2D eigenvalue weighted by atomic mass is 79.9. The van der Waals surface area contributed by atoms with Crippen LogP contribution in [0.1, 0.15) is 30.7 Å². The van der Waals surface area contributed by atoms with Crippen molar-refractivity contribution in [3.05, 3.63) is 34.3 Å². The first kappa shape index (κ1) is 15.5. The molecule has 1 heterocycles. The van der Waals surface area contributed by atoms with Crippen LogP contribution in [0.15, 0.2) is 28.7 Å². The maximum Gasteiger partial charge on any atom is 0.0594 e. The lowest BCUT2D eigenvalue weighted by Crippen LogP contribution is -2.42. The minimum Gasteiger partial charge on any atom is -0.379 e. The fourth-order valence-corrected chi connectivity index (χ4v) is 3.67. The molecular weight excluding hydrogens is 328 g/mol. The second-order valence-electron chi connectivity index (χ2n) is 6.18. The number of benzene rings is 1. The molecule has 1 aliphatic heterocycles. The first-order valence-electron chi connectivity index (χ1n) is 8.10. The summed E-state index contributed by atoms with van der Waals surface area (Å²) >= 11 is 3.56. The fraction of sp³-hybridized carbons (Fsp3) is 0.647. The molecule has 1 saturated heterocycles. The molecule has 0 unspecified atom stereocenters. The van der Waals surface area contributed by atoms with Crippen LogP contribution in [-0.4, -0.2) is 50.3 Å². The number of hydrogen-bond acceptors (Lipinski definition) is 3. The zero-order valence-electron chi connectivity index (χ0n) is 12.6. The highest BCUT2D eigenvalue weighted by Gasteiger charge is 2.29. The quantitative estimate of drug-likeness (QED) is 0.796. The molecule has 116 valence electrons. The Labute approximate surface area is 136 Å². The Morgan fingerprint density at radius 2 is 2.05 bits per heavy atom. The smallest absolute Gasteiger partial charge is 0.0594 e. The van der Waals surface area contributed by atoms with Gasteiger partial charge in [0, 0.05) is 23.6 Å². The predicted octanol–water partition coefficient (Wildman–Crippen LogP) is 3.01. The van der Waals surface area contributed by atoms with Gasteiger partial charge >= 0.3 is 0 Å². The third-order valence-corrected chi connectivity index (χ3v) is 5.14. The highest BCUT2D eigenvalue weighted by molar-refractivity contribution is 9.10. The summed E-state index contributed by atoms with van der Waals surface area (Å²) in [5.74, 6) is 0.749. The number of rotatable bonds is 6. The van der Waals surface area contributed by atoms with E-state index in [9.17, 15) is 0 Å². The summed E-state index contributed by atoms with van der Waals surface area (Å²) < 4.78 is 6.57. The van der Waals surface area contributed by atoms with Crippen LogP contribution in [0.3, 0.4) is 0 Å². The average Bonchev–Trinajstić information content (AvgIpc) is 2.46. The Kier molecular flexibility index (Phi) is 5.69. The summed E-state index contributed by atoms with van der Waals surface area (Å²) in [6.45, 7) is 6.38. The molecule has 21 heavy (non-hydrogen) atoms. The van der Waals surface area contributed by atoms with E-state index in [-0.39, 0.29) is 0 Å². The number of nitrogens with one attached hydrogen (secondary N) is 1. The number of nitrogens with zero attached hydrogens (tertiary/aromatic N) is 1. The Morgan fingerprint density at radius 3 is 2.81 bits per heavy atom. The molecule has 0 bridgehead atoms. The molecular formula is C17H25BrN2O. The van der Waals surface area contributed by atoms with Gasteiger partial charge in [-0.25, -0.2) is 0 Å². The Balaban J connectivity index is 1.28. The van der Waals surface area contributed by atoms with Crippen LogP contribution in [0.2, 0.25) is 0 Å². The summed E-state index contributed by atoms with van der Waals surface area (Å²) in [5.41, 5.74) is 1.48. The van der Waals surface area contributed by atoms with Crippen molar-refractivity contribution >= 4 is 15.9 Å². The van der Waals surface area contributed by atoms with Gasteiger partial charge in [-0.1, -0.05) is 28.1 Å². The SMILES string of the molecule is Brc1cccc(C2CC(NCCCN3CCOCC3)C2)c1. The molecule has 1 aromatic carbocycles. The third kappa shape index (κ3) is 4.52. The van der Waals surface area contributed by atoms with Crippen LogP contribution < -0.4 is 5.32 Å². The molecule has 0 spiro atoms. The van der Waals surface area contributed by atoms with Crippen LogP contribution in [0.5, 0.6) is 0 Å². The van der Waals surface area contributed by atoms with Gasteiger partial charge in [-0.05, 0) is 56.0 Å². The largest absolute Gasteiger partial charge is 0.379 e. The van der Waals surface area contributed by atoms with Gasteiger partial charge in [0.1, 0.15) is 0 Å². The van der Waals surface area contributed by atoms with E-state index in [4.69, 9.17) is 4.74 Å². The second kappa shape index (κ2) is 7.73. The van der Waals surface area contributed by atoms with Gasteiger partial charge in [0.2, 0.25) is 0 Å². The highest BCUT2D eigenvalue weighted by Crippen LogP contribution is 2.37. The number of ether oxygens (including phenoxy) is 1. The molecule has 1 aliphatic carbocycles. The van der Waals surface area contributed by atoms with E-state index in [1.807, 2.05) is 0 Å². The summed E-state index contributed by atoms with van der Waals surface area (Å²) in [6, 6.07) is 9.48. The van der Waals surface area contributed by atoms with Crippen molar-refractivity contribution in [3.8, 4) is 0 Å². The van der Waals surface area contributed by atoms with E-state index in [1.165, 1.54) is 35.8 Å². The standard InChI is InChI=1S/C17H25BrN2O/c18-16-4-1-3-14(11-16)15-12-17(13-15)19-5-2-6-20-7-9-21-10-8-20/h1,3-4,11,15,17,19H,2,5-10,12-13H2. The van der Waals surface area contributed by atoms with Gasteiger partial charge in [-0.3, -0.25) is 4.90 Å². The summed E-state index contributed by atoms with van der Waals surface area (Å²) in [6.07, 6.45) is 3.82. The van der Waals surface area contributed by atoms with E-state index < -0.39 is 0 Å². The van der Waals surface area contributed by atoms with Crippen LogP contribution in [-0.2, 0) is 4.74 Å². The van der Waals surface area contributed by atoms with Crippen LogP contribution in [0, 0.1) is 0 Å². The predicted molar refractivity (Wildman–Crippen MR) is 89.8 cm³/mol. The molecule has 1 saturated carbocycles. The van der Waals surface area contributed by atoms with Crippen LogP contribution >= 0.6 is 15.9 Å². The Hall–Kier alpha value is -0.420. The summed E-state index contributed by atoms with van der Waals surface area (Å²) in [5, 5.41) is 3.70. The van der Waals surface area contributed by atoms with E-state index in [0.717, 1.165) is 44.8 Å². The molecule has 2 fully saturated rings. The minimum absolute atomic E-state index is 0.721. The van der Waals surface area contributed by atoms with E-state index in [2.05, 4.69) is 50.4 Å². The monoisotopic (exact) mass is 352 g/mol. The first-order chi connectivity index (χ1) is 10.3. The molecule has 1 aromatic rings. The van der Waals surface area contributed by atoms with E-state index in [1.54, 1.807) is 0 Å². The van der Waals surface area contributed by atoms with E-state index in [0.29, 0.717) is 0 Å². The number of hydrogen-bond donors (Lipinski definition) is 1. The molecule has 0 radical (unpaired) electrons. The van der Waals surface area contributed by atoms with Crippen molar-refractivity contribution in [1.82, 2.24) is 10.2 Å². The molecule has 3 rings (SSSR count). The molecule has 4 heteroatoms. The minimum atomic E-state index is 0.721. The van der Waals surface area contributed by atoms with Crippen molar-refractivity contribution in [2.75, 3.05) is 39.4 Å². The van der Waals surface area contributed by atoms with Gasteiger partial charge in [-0.2, -0.15) is 0 Å². The Morgan fingerprint density at radius 1 is 1.24 bits per heavy atom. The maximum absolute atomic E-state index is 5.37. The Bertz CT molecular complexity index is 442. The van der Waals surface area contributed by atoms with Crippen molar-refractivity contribution in [1.29, 1.82) is 0 Å². The molecule has 0 aromatic heterocycles. The van der Waals surface area contributed by atoms with Gasteiger partial charge in [0.15, 0.2) is 0 Å². The lowest BCUT2D eigenvalue weighted by molar-refractivity contribution is 0.0372.